The third-order valence-corrected chi connectivity index (χ3v) is 3.61. The van der Waals surface area contributed by atoms with Crippen LogP contribution in [0.25, 0.3) is 0 Å². The van der Waals surface area contributed by atoms with Gasteiger partial charge in [-0.3, -0.25) is 9.59 Å². The lowest BCUT2D eigenvalue weighted by Crippen LogP contribution is -2.51. The van der Waals surface area contributed by atoms with E-state index in [2.05, 4.69) is 21.3 Å². The molecule has 0 fully saturated rings. The summed E-state index contributed by atoms with van der Waals surface area (Å²) in [7, 11) is 3.62. The highest BCUT2D eigenvalue weighted by molar-refractivity contribution is 5.97. The molecule has 0 bridgehead atoms. The van der Waals surface area contributed by atoms with Crippen LogP contribution < -0.4 is 21.3 Å². The predicted molar refractivity (Wildman–Crippen MR) is 93.1 cm³/mol. The summed E-state index contributed by atoms with van der Waals surface area (Å²) in [5.41, 5.74) is 1.85. The maximum absolute atomic E-state index is 12.2. The number of carbonyl (C=O) groups excluding carboxylic acids is 2. The Kier molecular flexibility index (Phi) is 7.71. The van der Waals surface area contributed by atoms with Crippen LogP contribution in [0.5, 0.6) is 0 Å². The van der Waals surface area contributed by atoms with Crippen molar-refractivity contribution in [2.24, 2.45) is 5.92 Å². The SMILES string of the molecule is CNCc1ccc(NC(=O)[C@H](C)NC(=O)C(NC)C(C)C)cc1. The molecule has 4 N–H and O–H groups in total. The Balaban J connectivity index is 2.58. The molecule has 1 unspecified atom stereocenters. The van der Waals surface area contributed by atoms with E-state index in [1.54, 1.807) is 14.0 Å². The summed E-state index contributed by atoms with van der Waals surface area (Å²) in [5, 5.41) is 11.6. The summed E-state index contributed by atoms with van der Waals surface area (Å²) >= 11 is 0. The molecule has 128 valence electrons. The second kappa shape index (κ2) is 9.27. The molecule has 2 atom stereocenters. The number of nitrogens with one attached hydrogen (secondary N) is 4. The Morgan fingerprint density at radius 1 is 1.00 bits per heavy atom. The van der Waals surface area contributed by atoms with Crippen molar-refractivity contribution < 1.29 is 9.59 Å². The number of carbonyl (C=O) groups is 2. The summed E-state index contributed by atoms with van der Waals surface area (Å²) in [4.78, 5) is 24.3. The minimum Gasteiger partial charge on any atom is -0.343 e. The number of likely N-dealkylation sites (N-methyl/N-ethyl adjacent to an activating group) is 1. The second-order valence-corrected chi connectivity index (χ2v) is 5.96. The van der Waals surface area contributed by atoms with E-state index in [0.29, 0.717) is 5.69 Å². The number of anilines is 1. The minimum absolute atomic E-state index is 0.148. The molecule has 23 heavy (non-hydrogen) atoms. The van der Waals surface area contributed by atoms with E-state index in [4.69, 9.17) is 0 Å². The molecule has 0 aliphatic heterocycles. The molecule has 0 saturated heterocycles. The van der Waals surface area contributed by atoms with Crippen LogP contribution in [0, 0.1) is 5.92 Å². The third-order valence-electron chi connectivity index (χ3n) is 3.61. The highest BCUT2D eigenvalue weighted by Crippen LogP contribution is 2.10. The van der Waals surface area contributed by atoms with Gasteiger partial charge in [-0.25, -0.2) is 0 Å². The molecule has 2 amide bonds. The minimum atomic E-state index is -0.603. The number of benzene rings is 1. The molecule has 1 aromatic carbocycles. The zero-order chi connectivity index (χ0) is 17.4. The van der Waals surface area contributed by atoms with Crippen molar-refractivity contribution in [2.75, 3.05) is 19.4 Å². The first-order valence-corrected chi connectivity index (χ1v) is 7.91. The van der Waals surface area contributed by atoms with Crippen LogP contribution in [0.1, 0.15) is 26.3 Å². The van der Waals surface area contributed by atoms with Gasteiger partial charge in [-0.2, -0.15) is 0 Å². The van der Waals surface area contributed by atoms with Crippen LogP contribution in [-0.4, -0.2) is 38.0 Å². The summed E-state index contributed by atoms with van der Waals surface area (Å²) in [6, 6.07) is 6.68. The first kappa shape index (κ1) is 19.1. The lowest BCUT2D eigenvalue weighted by Gasteiger charge is -2.22. The molecule has 6 nitrogen and oxygen atoms in total. The molecular weight excluding hydrogens is 292 g/mol. The van der Waals surface area contributed by atoms with Crippen LogP contribution in [0.15, 0.2) is 24.3 Å². The first-order chi connectivity index (χ1) is 10.9. The van der Waals surface area contributed by atoms with E-state index >= 15 is 0 Å². The Morgan fingerprint density at radius 2 is 1.61 bits per heavy atom. The Labute approximate surface area is 138 Å². The molecule has 6 heteroatoms. The van der Waals surface area contributed by atoms with Gasteiger partial charge >= 0.3 is 0 Å². The largest absolute Gasteiger partial charge is 0.343 e. The van der Waals surface area contributed by atoms with E-state index in [-0.39, 0.29) is 23.8 Å². The maximum atomic E-state index is 12.2. The average molecular weight is 320 g/mol. The van der Waals surface area contributed by atoms with Gasteiger partial charge in [-0.15, -0.1) is 0 Å². The van der Waals surface area contributed by atoms with Crippen molar-refractivity contribution in [3.63, 3.8) is 0 Å². The molecule has 0 radical (unpaired) electrons. The van der Waals surface area contributed by atoms with Crippen LogP contribution in [0.2, 0.25) is 0 Å². The Hall–Kier alpha value is -1.92. The fourth-order valence-electron chi connectivity index (χ4n) is 2.30. The van der Waals surface area contributed by atoms with Crippen molar-refractivity contribution in [3.05, 3.63) is 29.8 Å². The fraction of sp³-hybridized carbons (Fsp3) is 0.529. The quantitative estimate of drug-likeness (QED) is 0.578. The third kappa shape index (κ3) is 6.00. The number of hydrogen-bond acceptors (Lipinski definition) is 4. The average Bonchev–Trinajstić information content (AvgIpc) is 2.49. The molecule has 1 rings (SSSR count). The molecule has 0 aliphatic carbocycles. The van der Waals surface area contributed by atoms with E-state index in [0.717, 1.165) is 12.1 Å². The van der Waals surface area contributed by atoms with Crippen LogP contribution >= 0.6 is 0 Å². The summed E-state index contributed by atoms with van der Waals surface area (Å²) < 4.78 is 0. The highest BCUT2D eigenvalue weighted by Gasteiger charge is 2.23. The number of rotatable bonds is 8. The van der Waals surface area contributed by atoms with Gasteiger partial charge in [0.1, 0.15) is 6.04 Å². The number of hydrogen-bond donors (Lipinski definition) is 4. The smallest absolute Gasteiger partial charge is 0.246 e. The number of amides is 2. The van der Waals surface area contributed by atoms with Gasteiger partial charge in [0.05, 0.1) is 6.04 Å². The van der Waals surface area contributed by atoms with Crippen molar-refractivity contribution in [1.29, 1.82) is 0 Å². The molecular formula is C17H28N4O2. The molecule has 1 aromatic rings. The van der Waals surface area contributed by atoms with Gasteiger partial charge in [0, 0.05) is 12.2 Å². The van der Waals surface area contributed by atoms with Crippen molar-refractivity contribution in [3.8, 4) is 0 Å². The van der Waals surface area contributed by atoms with Gasteiger partial charge in [0.15, 0.2) is 0 Å². The lowest BCUT2D eigenvalue weighted by molar-refractivity contribution is -0.128. The Morgan fingerprint density at radius 3 is 2.09 bits per heavy atom. The van der Waals surface area contributed by atoms with Crippen molar-refractivity contribution >= 4 is 17.5 Å². The van der Waals surface area contributed by atoms with E-state index in [1.165, 1.54) is 0 Å². The lowest BCUT2D eigenvalue weighted by atomic mass is 10.0. The highest BCUT2D eigenvalue weighted by atomic mass is 16.2. The fourth-order valence-corrected chi connectivity index (χ4v) is 2.30. The maximum Gasteiger partial charge on any atom is 0.246 e. The molecule has 0 aromatic heterocycles. The van der Waals surface area contributed by atoms with Crippen LogP contribution in [0.3, 0.4) is 0 Å². The summed E-state index contributed by atoms with van der Waals surface area (Å²) in [6.07, 6.45) is 0. The molecule has 0 spiro atoms. The predicted octanol–water partition coefficient (Wildman–Crippen LogP) is 1.09. The molecule has 0 saturated carbocycles. The molecule has 0 aliphatic rings. The summed E-state index contributed by atoms with van der Waals surface area (Å²) in [6.45, 7) is 6.37. The van der Waals surface area contributed by atoms with Crippen molar-refractivity contribution in [1.82, 2.24) is 16.0 Å². The van der Waals surface area contributed by atoms with E-state index in [1.807, 2.05) is 45.2 Å². The van der Waals surface area contributed by atoms with E-state index < -0.39 is 6.04 Å². The molecule has 0 heterocycles. The standard InChI is InChI=1S/C17H28N4O2/c1-11(2)15(19-5)17(23)20-12(3)16(22)21-14-8-6-13(7-9-14)10-18-4/h6-9,11-12,15,18-19H,10H2,1-5H3,(H,20,23)(H,21,22)/t12-,15?/m0/s1. The Bertz CT molecular complexity index is 514. The van der Waals surface area contributed by atoms with Gasteiger partial charge in [0.2, 0.25) is 11.8 Å². The van der Waals surface area contributed by atoms with E-state index in [9.17, 15) is 9.59 Å². The zero-order valence-corrected chi connectivity index (χ0v) is 14.6. The van der Waals surface area contributed by atoms with Gasteiger partial charge < -0.3 is 21.3 Å². The normalized spacial score (nSPS) is 13.5. The zero-order valence-electron chi connectivity index (χ0n) is 14.6. The monoisotopic (exact) mass is 320 g/mol. The van der Waals surface area contributed by atoms with Gasteiger partial charge in [-0.05, 0) is 44.6 Å². The summed E-state index contributed by atoms with van der Waals surface area (Å²) in [5.74, 6) is -0.261. The topological polar surface area (TPSA) is 82.3 Å². The van der Waals surface area contributed by atoms with Gasteiger partial charge in [-0.1, -0.05) is 26.0 Å². The van der Waals surface area contributed by atoms with Gasteiger partial charge in [0.25, 0.3) is 0 Å². The van der Waals surface area contributed by atoms with Crippen LogP contribution in [0.4, 0.5) is 5.69 Å². The van der Waals surface area contributed by atoms with Crippen molar-refractivity contribution in [2.45, 2.75) is 39.4 Å². The van der Waals surface area contributed by atoms with Crippen LogP contribution in [-0.2, 0) is 16.1 Å². The second-order valence-electron chi connectivity index (χ2n) is 5.96. The first-order valence-electron chi connectivity index (χ1n) is 7.91.